The molecular formula is C21H26F3N5O2. The van der Waals surface area contributed by atoms with Crippen LogP contribution in [0.3, 0.4) is 0 Å². The predicted octanol–water partition coefficient (Wildman–Crippen LogP) is 3.38. The molecule has 3 heterocycles. The molecule has 10 heteroatoms. The first kappa shape index (κ1) is 22.9. The third-order valence-corrected chi connectivity index (χ3v) is 5.40. The fraction of sp³-hybridized carbons (Fsp3) is 0.524. The minimum atomic E-state index is -5.08. The van der Waals surface area contributed by atoms with Crippen LogP contribution in [0.4, 0.5) is 19.0 Å². The van der Waals surface area contributed by atoms with E-state index in [-0.39, 0.29) is 0 Å². The van der Waals surface area contributed by atoms with Crippen molar-refractivity contribution in [3.05, 3.63) is 47.2 Å². The number of anilines is 1. The van der Waals surface area contributed by atoms with Crippen LogP contribution in [0.2, 0.25) is 0 Å². The first-order chi connectivity index (χ1) is 14.7. The van der Waals surface area contributed by atoms with Crippen LogP contribution in [0.25, 0.3) is 0 Å². The number of carboxylic acids is 1. The lowest BCUT2D eigenvalue weighted by atomic mass is 9.93. The second-order valence-electron chi connectivity index (χ2n) is 7.77. The smallest absolute Gasteiger partial charge is 0.475 e. The quantitative estimate of drug-likeness (QED) is 0.758. The molecule has 0 spiro atoms. The number of hydrogen-bond acceptors (Lipinski definition) is 6. The van der Waals surface area contributed by atoms with E-state index in [1.165, 1.54) is 30.5 Å². The first-order valence-electron chi connectivity index (χ1n) is 10.3. The monoisotopic (exact) mass is 437 g/mol. The average Bonchev–Trinajstić information content (AvgIpc) is 2.87. The first-order valence-corrected chi connectivity index (χ1v) is 10.3. The van der Waals surface area contributed by atoms with Crippen molar-refractivity contribution in [2.75, 3.05) is 18.4 Å². The highest BCUT2D eigenvalue weighted by molar-refractivity contribution is 5.73. The number of aliphatic carboxylic acids is 1. The molecule has 2 N–H and O–H groups in total. The fourth-order valence-corrected chi connectivity index (χ4v) is 3.52. The summed E-state index contributed by atoms with van der Waals surface area (Å²) in [5, 5.41) is 10.7. The Morgan fingerprint density at radius 3 is 2.55 bits per heavy atom. The van der Waals surface area contributed by atoms with E-state index < -0.39 is 12.1 Å². The van der Waals surface area contributed by atoms with Gasteiger partial charge in [0.2, 0.25) is 0 Å². The summed E-state index contributed by atoms with van der Waals surface area (Å²) in [4.78, 5) is 25.1. The van der Waals surface area contributed by atoms with Crippen molar-refractivity contribution in [1.82, 2.24) is 19.9 Å². The molecule has 2 aromatic rings. The van der Waals surface area contributed by atoms with Gasteiger partial charge >= 0.3 is 12.1 Å². The number of alkyl halides is 3. The van der Waals surface area contributed by atoms with Crippen molar-refractivity contribution in [2.45, 2.75) is 57.8 Å². The molecule has 2 aliphatic rings. The predicted molar refractivity (Wildman–Crippen MR) is 109 cm³/mol. The molecule has 0 aromatic carbocycles. The third-order valence-electron chi connectivity index (χ3n) is 5.40. The van der Waals surface area contributed by atoms with Crippen molar-refractivity contribution in [3.63, 3.8) is 0 Å². The summed E-state index contributed by atoms with van der Waals surface area (Å²) >= 11 is 0. The number of hydrogen-bond donors (Lipinski definition) is 2. The van der Waals surface area contributed by atoms with Gasteiger partial charge in [-0.25, -0.2) is 14.8 Å². The maximum atomic E-state index is 10.6. The van der Waals surface area contributed by atoms with E-state index in [2.05, 4.69) is 50.3 Å². The number of pyridine rings is 1. The van der Waals surface area contributed by atoms with Gasteiger partial charge in [-0.05, 0) is 44.7 Å². The lowest BCUT2D eigenvalue weighted by molar-refractivity contribution is -0.192. The molecule has 1 saturated carbocycles. The van der Waals surface area contributed by atoms with Gasteiger partial charge in [0.1, 0.15) is 12.1 Å². The highest BCUT2D eigenvalue weighted by Gasteiger charge is 2.38. The second kappa shape index (κ2) is 10.0. The lowest BCUT2D eigenvalue weighted by Crippen LogP contribution is -2.28. The number of halogens is 3. The van der Waals surface area contributed by atoms with E-state index >= 15 is 0 Å². The Labute approximate surface area is 178 Å². The van der Waals surface area contributed by atoms with Gasteiger partial charge in [0.15, 0.2) is 0 Å². The molecule has 0 amide bonds. The van der Waals surface area contributed by atoms with Crippen LogP contribution in [0.5, 0.6) is 0 Å². The van der Waals surface area contributed by atoms with Crippen LogP contribution >= 0.6 is 0 Å². The minimum Gasteiger partial charge on any atom is -0.475 e. The van der Waals surface area contributed by atoms with Gasteiger partial charge in [0.05, 0.1) is 11.4 Å². The van der Waals surface area contributed by atoms with E-state index in [0.29, 0.717) is 6.04 Å². The number of nitrogens with zero attached hydrogens (tertiary/aromatic N) is 4. The van der Waals surface area contributed by atoms with Gasteiger partial charge in [-0.1, -0.05) is 6.07 Å². The summed E-state index contributed by atoms with van der Waals surface area (Å²) in [6, 6.07) is 6.88. The summed E-state index contributed by atoms with van der Waals surface area (Å²) in [5.74, 6) is -1.69. The highest BCUT2D eigenvalue weighted by atomic mass is 19.4. The number of carboxylic acid groups (broad SMARTS) is 1. The number of aryl methyl sites for hydroxylation is 1. The molecule has 31 heavy (non-hydrogen) atoms. The topological polar surface area (TPSA) is 91.2 Å². The van der Waals surface area contributed by atoms with Crippen molar-refractivity contribution < 1.29 is 23.1 Å². The number of aromatic nitrogens is 3. The number of fused-ring (bicyclic) bond motifs is 1. The molecule has 1 fully saturated rings. The van der Waals surface area contributed by atoms with Crippen molar-refractivity contribution in [3.8, 4) is 0 Å². The fourth-order valence-electron chi connectivity index (χ4n) is 3.52. The zero-order chi connectivity index (χ0) is 22.4. The lowest BCUT2D eigenvalue weighted by Gasteiger charge is -2.28. The molecule has 7 nitrogen and oxygen atoms in total. The molecule has 0 bridgehead atoms. The molecule has 0 atom stereocenters. The van der Waals surface area contributed by atoms with Gasteiger partial charge in [0, 0.05) is 43.4 Å². The molecule has 0 saturated heterocycles. The Bertz CT molecular complexity index is 903. The Kier molecular flexibility index (Phi) is 7.42. The van der Waals surface area contributed by atoms with Crippen molar-refractivity contribution in [2.24, 2.45) is 0 Å². The zero-order valence-electron chi connectivity index (χ0n) is 17.3. The normalized spacial score (nSPS) is 16.9. The Balaban J connectivity index is 0.000000339. The van der Waals surface area contributed by atoms with Crippen LogP contribution in [0.15, 0.2) is 24.5 Å². The SMILES string of the molecule is Cc1cccc(CN2CCc3ncnc(NC4CCC4)c3CC2)n1.O=C(O)C(F)(F)F. The zero-order valence-corrected chi connectivity index (χ0v) is 17.3. The molecule has 4 rings (SSSR count). The molecule has 2 aromatic heterocycles. The summed E-state index contributed by atoms with van der Waals surface area (Å²) in [6.45, 7) is 5.03. The molecule has 1 aliphatic heterocycles. The second-order valence-corrected chi connectivity index (χ2v) is 7.77. The Hall–Kier alpha value is -2.75. The van der Waals surface area contributed by atoms with Crippen molar-refractivity contribution in [1.29, 1.82) is 0 Å². The maximum absolute atomic E-state index is 10.6. The van der Waals surface area contributed by atoms with Crippen LogP contribution in [0, 0.1) is 6.92 Å². The Morgan fingerprint density at radius 1 is 1.23 bits per heavy atom. The van der Waals surface area contributed by atoms with Crippen LogP contribution in [-0.4, -0.2) is 56.2 Å². The van der Waals surface area contributed by atoms with E-state index in [1.807, 2.05) is 0 Å². The summed E-state index contributed by atoms with van der Waals surface area (Å²) < 4.78 is 31.7. The average molecular weight is 437 g/mol. The number of carbonyl (C=O) groups is 1. The van der Waals surface area contributed by atoms with E-state index in [4.69, 9.17) is 9.90 Å². The van der Waals surface area contributed by atoms with Gasteiger partial charge in [-0.2, -0.15) is 13.2 Å². The van der Waals surface area contributed by atoms with Gasteiger partial charge in [-0.15, -0.1) is 0 Å². The van der Waals surface area contributed by atoms with Gasteiger partial charge in [0.25, 0.3) is 0 Å². The number of rotatable bonds is 4. The Morgan fingerprint density at radius 2 is 1.94 bits per heavy atom. The van der Waals surface area contributed by atoms with Crippen molar-refractivity contribution >= 4 is 11.8 Å². The van der Waals surface area contributed by atoms with Crippen LogP contribution in [-0.2, 0) is 24.2 Å². The summed E-state index contributed by atoms with van der Waals surface area (Å²) in [7, 11) is 0. The molecular weight excluding hydrogens is 411 g/mol. The van der Waals surface area contributed by atoms with E-state index in [1.54, 1.807) is 6.33 Å². The van der Waals surface area contributed by atoms with Crippen LogP contribution < -0.4 is 5.32 Å². The summed E-state index contributed by atoms with van der Waals surface area (Å²) in [6.07, 6.45) is 2.51. The van der Waals surface area contributed by atoms with Crippen LogP contribution in [0.1, 0.15) is 41.9 Å². The molecule has 1 aliphatic carbocycles. The third kappa shape index (κ3) is 6.61. The van der Waals surface area contributed by atoms with E-state index in [0.717, 1.165) is 49.7 Å². The molecule has 0 radical (unpaired) electrons. The standard InChI is InChI=1S/C19H25N5.C2HF3O2/c1-14-4-2-7-16(22-14)12-24-10-8-17-18(9-11-24)20-13-21-19(17)23-15-5-3-6-15;3-2(4,5)1(6)7/h2,4,7,13,15H,3,5-6,8-12H2,1H3,(H,20,21,23);(H,6,7). The molecule has 0 unspecified atom stereocenters. The van der Waals surface area contributed by atoms with E-state index in [9.17, 15) is 13.2 Å². The van der Waals surface area contributed by atoms with Gasteiger partial charge < -0.3 is 10.4 Å². The highest BCUT2D eigenvalue weighted by Crippen LogP contribution is 2.26. The largest absolute Gasteiger partial charge is 0.490 e. The number of nitrogens with one attached hydrogen (secondary N) is 1. The van der Waals surface area contributed by atoms with Gasteiger partial charge in [-0.3, -0.25) is 9.88 Å². The summed E-state index contributed by atoms with van der Waals surface area (Å²) in [5.41, 5.74) is 4.78. The maximum Gasteiger partial charge on any atom is 0.490 e. The minimum absolute atomic E-state index is 0.611. The molecule has 168 valence electrons.